The third kappa shape index (κ3) is 3.19. The quantitative estimate of drug-likeness (QED) is 0.924. The van der Waals surface area contributed by atoms with Gasteiger partial charge in [-0.1, -0.05) is 0 Å². The van der Waals surface area contributed by atoms with Gasteiger partial charge in [-0.25, -0.2) is 0 Å². The Balaban J connectivity index is 0.00000161. The summed E-state index contributed by atoms with van der Waals surface area (Å²) in [6, 6.07) is 5.89. The Bertz CT molecular complexity index is 626. The molecule has 3 rings (SSSR count). The van der Waals surface area contributed by atoms with Crippen molar-refractivity contribution in [1.82, 2.24) is 9.88 Å². The first-order valence-corrected chi connectivity index (χ1v) is 7.59. The maximum Gasteiger partial charge on any atom is 0.229 e. The first kappa shape index (κ1) is 15.8. The molecule has 2 aromatic rings. The van der Waals surface area contributed by atoms with Crippen molar-refractivity contribution in [3.63, 3.8) is 0 Å². The summed E-state index contributed by atoms with van der Waals surface area (Å²) in [6.07, 6.45) is 2.89. The molecule has 0 bridgehead atoms. The van der Waals surface area contributed by atoms with Crippen molar-refractivity contribution in [1.29, 1.82) is 0 Å². The van der Waals surface area contributed by atoms with Gasteiger partial charge in [0, 0.05) is 17.1 Å². The predicted molar refractivity (Wildman–Crippen MR) is 87.8 cm³/mol. The van der Waals surface area contributed by atoms with Gasteiger partial charge in [-0.05, 0) is 42.5 Å². The molecule has 2 aromatic heterocycles. The molecular weight excluding hydrogens is 306 g/mol. The van der Waals surface area contributed by atoms with Crippen molar-refractivity contribution >= 4 is 35.3 Å². The minimum absolute atomic E-state index is 0. The lowest BCUT2D eigenvalue weighted by molar-refractivity contribution is -0.133. The summed E-state index contributed by atoms with van der Waals surface area (Å²) in [5.74, 6) is 0.131. The SMILES string of the molecule is CC1c2ccsc2CCN1C(=O)Cc1ccc(N)cn1.Cl. The maximum atomic E-state index is 12.5. The number of nitrogens with zero attached hydrogens (tertiary/aromatic N) is 2. The van der Waals surface area contributed by atoms with Crippen LogP contribution in [0.2, 0.25) is 0 Å². The number of carbonyl (C=O) groups is 1. The van der Waals surface area contributed by atoms with Gasteiger partial charge in [-0.15, -0.1) is 23.7 Å². The zero-order chi connectivity index (χ0) is 14.1. The van der Waals surface area contributed by atoms with Crippen LogP contribution in [0.1, 0.15) is 29.1 Å². The summed E-state index contributed by atoms with van der Waals surface area (Å²) < 4.78 is 0. The van der Waals surface area contributed by atoms with Crippen LogP contribution in [0, 0.1) is 0 Å². The molecule has 0 saturated heterocycles. The number of pyridine rings is 1. The van der Waals surface area contributed by atoms with Crippen LogP contribution in [0.4, 0.5) is 5.69 Å². The Morgan fingerprint density at radius 2 is 2.29 bits per heavy atom. The molecule has 1 atom stereocenters. The van der Waals surface area contributed by atoms with Crippen molar-refractivity contribution < 1.29 is 4.79 Å². The van der Waals surface area contributed by atoms with Gasteiger partial charge in [0.05, 0.1) is 24.3 Å². The molecule has 1 unspecified atom stereocenters. The summed E-state index contributed by atoms with van der Waals surface area (Å²) in [6.45, 7) is 2.89. The highest BCUT2D eigenvalue weighted by Crippen LogP contribution is 2.33. The molecule has 1 amide bonds. The van der Waals surface area contributed by atoms with Gasteiger partial charge >= 0.3 is 0 Å². The monoisotopic (exact) mass is 323 g/mol. The number of carbonyl (C=O) groups excluding carboxylic acids is 1. The van der Waals surface area contributed by atoms with Crippen molar-refractivity contribution in [3.05, 3.63) is 45.9 Å². The number of rotatable bonds is 2. The van der Waals surface area contributed by atoms with Crippen molar-refractivity contribution in [2.24, 2.45) is 0 Å². The fourth-order valence-electron chi connectivity index (χ4n) is 2.65. The Kier molecular flexibility index (Phi) is 4.85. The first-order chi connectivity index (χ1) is 9.65. The topological polar surface area (TPSA) is 59.2 Å². The molecule has 2 N–H and O–H groups in total. The number of fused-ring (bicyclic) bond motifs is 1. The zero-order valence-electron chi connectivity index (χ0n) is 11.8. The summed E-state index contributed by atoms with van der Waals surface area (Å²) in [5.41, 5.74) is 8.29. The minimum Gasteiger partial charge on any atom is -0.397 e. The van der Waals surface area contributed by atoms with Gasteiger partial charge in [0.2, 0.25) is 5.91 Å². The predicted octanol–water partition coefficient (Wildman–Crippen LogP) is 2.84. The second kappa shape index (κ2) is 6.45. The number of anilines is 1. The van der Waals surface area contributed by atoms with E-state index in [9.17, 15) is 4.79 Å². The number of halogens is 1. The summed E-state index contributed by atoms with van der Waals surface area (Å²) in [7, 11) is 0. The van der Waals surface area contributed by atoms with Crippen LogP contribution in [-0.2, 0) is 17.6 Å². The van der Waals surface area contributed by atoms with E-state index in [1.54, 1.807) is 23.6 Å². The van der Waals surface area contributed by atoms with Crippen molar-refractivity contribution in [2.45, 2.75) is 25.8 Å². The fourth-order valence-corrected chi connectivity index (χ4v) is 3.61. The number of nitrogens with two attached hydrogens (primary N) is 1. The van der Waals surface area contributed by atoms with Gasteiger partial charge in [0.15, 0.2) is 0 Å². The van der Waals surface area contributed by atoms with E-state index in [1.807, 2.05) is 11.0 Å². The fraction of sp³-hybridized carbons (Fsp3) is 0.333. The molecule has 112 valence electrons. The number of nitrogen functional groups attached to an aromatic ring is 1. The van der Waals surface area contributed by atoms with E-state index in [4.69, 9.17) is 5.73 Å². The van der Waals surface area contributed by atoms with Gasteiger partial charge in [0.25, 0.3) is 0 Å². The summed E-state index contributed by atoms with van der Waals surface area (Å²) >= 11 is 1.78. The van der Waals surface area contributed by atoms with E-state index < -0.39 is 0 Å². The normalized spacial score (nSPS) is 17.0. The Morgan fingerprint density at radius 3 is 3.00 bits per heavy atom. The van der Waals surface area contributed by atoms with Gasteiger partial charge < -0.3 is 10.6 Å². The number of hydrogen-bond acceptors (Lipinski definition) is 4. The molecule has 3 heterocycles. The lowest BCUT2D eigenvalue weighted by Crippen LogP contribution is -2.39. The van der Waals surface area contributed by atoms with Gasteiger partial charge in [0.1, 0.15) is 0 Å². The molecule has 0 aromatic carbocycles. The Labute approximate surface area is 134 Å². The van der Waals surface area contributed by atoms with Crippen LogP contribution in [0.3, 0.4) is 0 Å². The lowest BCUT2D eigenvalue weighted by atomic mass is 10.0. The van der Waals surface area contributed by atoms with Crippen LogP contribution in [-0.4, -0.2) is 22.3 Å². The smallest absolute Gasteiger partial charge is 0.229 e. The Morgan fingerprint density at radius 1 is 1.48 bits per heavy atom. The van der Waals surface area contributed by atoms with Crippen molar-refractivity contribution in [2.75, 3.05) is 12.3 Å². The second-order valence-corrected chi connectivity index (χ2v) is 6.07. The van der Waals surface area contributed by atoms with Crippen molar-refractivity contribution in [3.8, 4) is 0 Å². The molecule has 6 heteroatoms. The van der Waals surface area contributed by atoms with E-state index in [-0.39, 0.29) is 24.4 Å². The van der Waals surface area contributed by atoms with E-state index in [2.05, 4.69) is 23.4 Å². The van der Waals surface area contributed by atoms with E-state index in [0.717, 1.165) is 18.7 Å². The molecule has 0 saturated carbocycles. The maximum absolute atomic E-state index is 12.5. The third-order valence-corrected chi connectivity index (χ3v) is 4.77. The molecule has 21 heavy (non-hydrogen) atoms. The largest absolute Gasteiger partial charge is 0.397 e. The average Bonchev–Trinajstić information content (AvgIpc) is 2.91. The molecule has 0 spiro atoms. The van der Waals surface area contributed by atoms with Crippen LogP contribution >= 0.6 is 23.7 Å². The van der Waals surface area contributed by atoms with E-state index >= 15 is 0 Å². The van der Waals surface area contributed by atoms with Gasteiger partial charge in [-0.3, -0.25) is 9.78 Å². The second-order valence-electron chi connectivity index (χ2n) is 5.07. The molecule has 0 radical (unpaired) electrons. The zero-order valence-corrected chi connectivity index (χ0v) is 13.4. The van der Waals surface area contributed by atoms with E-state index in [0.29, 0.717) is 12.1 Å². The third-order valence-electron chi connectivity index (χ3n) is 3.78. The summed E-state index contributed by atoms with van der Waals surface area (Å²) in [4.78, 5) is 20.0. The number of thiophene rings is 1. The Hall–Kier alpha value is -1.59. The first-order valence-electron chi connectivity index (χ1n) is 6.71. The number of amides is 1. The number of hydrogen-bond donors (Lipinski definition) is 1. The lowest BCUT2D eigenvalue weighted by Gasteiger charge is -2.33. The van der Waals surface area contributed by atoms with E-state index in [1.165, 1.54) is 10.4 Å². The highest BCUT2D eigenvalue weighted by atomic mass is 35.5. The highest BCUT2D eigenvalue weighted by Gasteiger charge is 2.28. The molecule has 0 fully saturated rings. The van der Waals surface area contributed by atoms with Gasteiger partial charge in [-0.2, -0.15) is 0 Å². The molecule has 0 aliphatic carbocycles. The molecule has 4 nitrogen and oxygen atoms in total. The number of aromatic nitrogens is 1. The standard InChI is InChI=1S/C15H17N3OS.ClH/c1-10-13-5-7-20-14(13)4-6-18(10)15(19)8-12-3-2-11(16)9-17-12;/h2-3,5,7,9-10H,4,6,8,16H2,1H3;1H. The van der Waals surface area contributed by atoms with Crippen LogP contribution in [0.15, 0.2) is 29.8 Å². The molecular formula is C15H18ClN3OS. The highest BCUT2D eigenvalue weighted by molar-refractivity contribution is 7.10. The average molecular weight is 324 g/mol. The minimum atomic E-state index is 0. The van der Waals surface area contributed by atoms with Crippen LogP contribution < -0.4 is 5.73 Å². The molecule has 1 aliphatic rings. The van der Waals surface area contributed by atoms with Crippen LogP contribution in [0.25, 0.3) is 0 Å². The summed E-state index contributed by atoms with van der Waals surface area (Å²) in [5, 5.41) is 2.11. The van der Waals surface area contributed by atoms with Crippen LogP contribution in [0.5, 0.6) is 0 Å². The molecule has 1 aliphatic heterocycles.